The number of hydrogen-bond acceptors (Lipinski definition) is 5. The number of nitrogens with zero attached hydrogens (tertiary/aromatic N) is 2. The molecule has 3 N–H and O–H groups in total. The van der Waals surface area contributed by atoms with Gasteiger partial charge in [-0.05, 0) is 60.9 Å². The number of H-pyrrole nitrogens is 1. The van der Waals surface area contributed by atoms with Gasteiger partial charge in [0, 0.05) is 29.3 Å². The number of phenols is 1. The molecule has 0 unspecified atom stereocenters. The van der Waals surface area contributed by atoms with E-state index in [2.05, 4.69) is 10.2 Å². The monoisotopic (exact) mass is 489 g/mol. The van der Waals surface area contributed by atoms with E-state index in [1.807, 2.05) is 61.5 Å². The molecule has 0 aliphatic carbocycles. The smallest absolute Gasteiger partial charge is 0.273 e. The van der Waals surface area contributed by atoms with E-state index >= 15 is 0 Å². The number of ether oxygens (including phenoxy) is 1. The van der Waals surface area contributed by atoms with Crippen molar-refractivity contribution in [3.8, 4) is 28.5 Å². The number of carbonyl (C=O) groups excluding carboxylic acids is 1. The Balaban J connectivity index is 1.62. The molecule has 1 aliphatic heterocycles. The van der Waals surface area contributed by atoms with Gasteiger partial charge < -0.3 is 19.8 Å². The number of phenolic OH excluding ortho intramolecular Hbond substituents is 1. The highest BCUT2D eigenvalue weighted by Gasteiger charge is 2.42. The highest BCUT2D eigenvalue weighted by molar-refractivity contribution is 6.31. The van der Waals surface area contributed by atoms with Gasteiger partial charge in [0.25, 0.3) is 5.91 Å². The second kappa shape index (κ2) is 9.44. The lowest BCUT2D eigenvalue weighted by Gasteiger charge is -2.26. The van der Waals surface area contributed by atoms with Gasteiger partial charge in [-0.1, -0.05) is 41.9 Å². The van der Waals surface area contributed by atoms with Crippen molar-refractivity contribution in [3.05, 3.63) is 94.1 Å². The first-order chi connectivity index (χ1) is 17.0. The van der Waals surface area contributed by atoms with E-state index in [0.29, 0.717) is 52.0 Å². The van der Waals surface area contributed by atoms with Gasteiger partial charge in [-0.15, -0.1) is 0 Å². The highest BCUT2D eigenvalue weighted by Crippen LogP contribution is 2.46. The normalized spacial score (nSPS) is 14.9. The van der Waals surface area contributed by atoms with Crippen molar-refractivity contribution in [2.45, 2.75) is 19.4 Å². The Labute approximate surface area is 207 Å². The van der Waals surface area contributed by atoms with Crippen LogP contribution in [0.3, 0.4) is 0 Å². The molecule has 0 saturated carbocycles. The molecule has 2 heterocycles. The number of nitrogens with one attached hydrogen (secondary N) is 1. The third-order valence-corrected chi connectivity index (χ3v) is 6.51. The number of aryl methyl sites for hydroxylation is 1. The van der Waals surface area contributed by atoms with Gasteiger partial charge in [0.2, 0.25) is 0 Å². The number of hydrogen-bond donors (Lipinski definition) is 3. The van der Waals surface area contributed by atoms with Crippen LogP contribution in [-0.4, -0.2) is 44.4 Å². The second-order valence-corrected chi connectivity index (χ2v) is 8.85. The number of aliphatic hydroxyl groups is 1. The zero-order valence-corrected chi connectivity index (χ0v) is 19.8. The number of aromatic nitrogens is 2. The minimum Gasteiger partial charge on any atom is -0.507 e. The molecule has 1 atom stereocenters. The molecule has 3 aromatic carbocycles. The highest BCUT2D eigenvalue weighted by atomic mass is 35.5. The summed E-state index contributed by atoms with van der Waals surface area (Å²) in [7, 11) is 0. The molecular weight excluding hydrogens is 466 g/mol. The van der Waals surface area contributed by atoms with E-state index in [1.54, 1.807) is 17.0 Å². The fraction of sp³-hybridized carbons (Fsp3) is 0.185. The van der Waals surface area contributed by atoms with E-state index in [1.165, 1.54) is 0 Å². The van der Waals surface area contributed by atoms with Crippen LogP contribution in [0.2, 0.25) is 5.02 Å². The van der Waals surface area contributed by atoms with Crippen molar-refractivity contribution in [1.29, 1.82) is 0 Å². The summed E-state index contributed by atoms with van der Waals surface area (Å²) >= 11 is 6.36. The summed E-state index contributed by atoms with van der Waals surface area (Å²) < 4.78 is 6.03. The van der Waals surface area contributed by atoms with E-state index in [0.717, 1.165) is 11.1 Å². The largest absolute Gasteiger partial charge is 0.507 e. The number of aliphatic hydroxyl groups excluding tert-OH is 1. The number of rotatable bonds is 7. The van der Waals surface area contributed by atoms with Crippen molar-refractivity contribution in [1.82, 2.24) is 15.1 Å². The fourth-order valence-electron chi connectivity index (χ4n) is 4.45. The molecule has 0 fully saturated rings. The minimum absolute atomic E-state index is 0.0300. The Morgan fingerprint density at radius 1 is 1.09 bits per heavy atom. The Morgan fingerprint density at radius 3 is 2.63 bits per heavy atom. The van der Waals surface area contributed by atoms with Crippen LogP contribution in [0, 0.1) is 6.92 Å². The summed E-state index contributed by atoms with van der Waals surface area (Å²) in [5, 5.41) is 27.9. The summed E-state index contributed by atoms with van der Waals surface area (Å²) in [6.07, 6.45) is 0.428. The molecule has 35 heavy (non-hydrogen) atoms. The number of fused-ring (bicyclic) bond motifs is 1. The van der Waals surface area contributed by atoms with Crippen LogP contribution in [0.15, 0.2) is 66.7 Å². The molecule has 0 saturated heterocycles. The van der Waals surface area contributed by atoms with Crippen molar-refractivity contribution in [3.63, 3.8) is 0 Å². The SMILES string of the molecule is Cc1cc(O)c(-c2n[nH]c3c2[C@@H](c2cccc(Oc4ccccc4)c2)N(CCCO)C3=O)cc1Cl. The molecule has 178 valence electrons. The van der Waals surface area contributed by atoms with Crippen molar-refractivity contribution in [2.75, 3.05) is 13.2 Å². The van der Waals surface area contributed by atoms with Crippen LogP contribution in [0.25, 0.3) is 11.3 Å². The molecule has 0 bridgehead atoms. The van der Waals surface area contributed by atoms with Crippen LogP contribution in [0.1, 0.15) is 39.6 Å². The Kier molecular flexibility index (Phi) is 6.19. The van der Waals surface area contributed by atoms with Gasteiger partial charge in [-0.3, -0.25) is 9.89 Å². The first-order valence-corrected chi connectivity index (χ1v) is 11.7. The van der Waals surface area contributed by atoms with Gasteiger partial charge in [-0.25, -0.2) is 0 Å². The van der Waals surface area contributed by atoms with E-state index in [9.17, 15) is 15.0 Å². The van der Waals surface area contributed by atoms with E-state index in [-0.39, 0.29) is 18.3 Å². The van der Waals surface area contributed by atoms with Gasteiger partial charge in [0.15, 0.2) is 0 Å². The van der Waals surface area contributed by atoms with Crippen molar-refractivity contribution >= 4 is 17.5 Å². The number of carbonyl (C=O) groups is 1. The topological polar surface area (TPSA) is 98.7 Å². The van der Waals surface area contributed by atoms with E-state index < -0.39 is 6.04 Å². The molecule has 5 rings (SSSR count). The average molecular weight is 490 g/mol. The maximum atomic E-state index is 13.4. The average Bonchev–Trinajstić information content (AvgIpc) is 3.39. The third kappa shape index (κ3) is 4.24. The molecule has 0 spiro atoms. The van der Waals surface area contributed by atoms with Crippen LogP contribution in [0.5, 0.6) is 17.2 Å². The van der Waals surface area contributed by atoms with Crippen LogP contribution >= 0.6 is 11.6 Å². The minimum atomic E-state index is -0.489. The number of halogens is 1. The second-order valence-electron chi connectivity index (χ2n) is 8.45. The number of benzene rings is 3. The summed E-state index contributed by atoms with van der Waals surface area (Å²) in [4.78, 5) is 15.1. The lowest BCUT2D eigenvalue weighted by molar-refractivity contribution is 0.0732. The quantitative estimate of drug-likeness (QED) is 0.320. The fourth-order valence-corrected chi connectivity index (χ4v) is 4.61. The first-order valence-electron chi connectivity index (χ1n) is 11.3. The zero-order chi connectivity index (χ0) is 24.5. The Hall–Kier alpha value is -3.81. The number of aromatic amines is 1. The summed E-state index contributed by atoms with van der Waals surface area (Å²) in [6.45, 7) is 2.12. The number of aromatic hydroxyl groups is 1. The van der Waals surface area contributed by atoms with Gasteiger partial charge in [0.05, 0.1) is 6.04 Å². The zero-order valence-electron chi connectivity index (χ0n) is 19.0. The van der Waals surface area contributed by atoms with Gasteiger partial charge in [-0.2, -0.15) is 5.10 Å². The molecule has 8 heteroatoms. The van der Waals surface area contributed by atoms with Crippen LogP contribution in [-0.2, 0) is 0 Å². The van der Waals surface area contributed by atoms with Gasteiger partial charge >= 0.3 is 0 Å². The molecule has 1 aromatic heterocycles. The predicted molar refractivity (Wildman–Crippen MR) is 133 cm³/mol. The maximum Gasteiger partial charge on any atom is 0.273 e. The summed E-state index contributed by atoms with van der Waals surface area (Å²) in [5.74, 6) is 1.14. The summed E-state index contributed by atoms with van der Waals surface area (Å²) in [5.41, 5.74) is 3.47. The Morgan fingerprint density at radius 2 is 1.86 bits per heavy atom. The Bertz CT molecular complexity index is 1390. The standard InChI is InChI=1S/C27H24ClN3O4/c1-16-13-22(33)20(15-21(16)28)24-23-25(30-29-24)27(34)31(11-6-12-32)26(23)17-7-5-10-19(14-17)35-18-8-3-2-4-9-18/h2-5,7-10,13-15,26,32-33H,6,11-12H2,1H3,(H,29,30)/t26-/m1/s1. The number of para-hydroxylation sites is 1. The van der Waals surface area contributed by atoms with E-state index in [4.69, 9.17) is 16.3 Å². The van der Waals surface area contributed by atoms with Gasteiger partial charge in [0.1, 0.15) is 28.6 Å². The molecule has 0 radical (unpaired) electrons. The molecule has 1 aliphatic rings. The third-order valence-electron chi connectivity index (χ3n) is 6.11. The van der Waals surface area contributed by atoms with Crippen LogP contribution < -0.4 is 4.74 Å². The first kappa shape index (κ1) is 23.0. The lowest BCUT2D eigenvalue weighted by atomic mass is 9.95. The number of amides is 1. The lowest BCUT2D eigenvalue weighted by Crippen LogP contribution is -2.31. The van der Waals surface area contributed by atoms with Crippen LogP contribution in [0.4, 0.5) is 0 Å². The molecule has 4 aromatic rings. The molecule has 1 amide bonds. The molecular formula is C27H24ClN3O4. The molecule has 7 nitrogen and oxygen atoms in total. The summed E-state index contributed by atoms with van der Waals surface area (Å²) in [6, 6.07) is 19.8. The maximum absolute atomic E-state index is 13.4. The van der Waals surface area contributed by atoms with Crippen molar-refractivity contribution in [2.24, 2.45) is 0 Å². The predicted octanol–water partition coefficient (Wildman–Crippen LogP) is 5.46. The van der Waals surface area contributed by atoms with Crippen molar-refractivity contribution < 1.29 is 19.7 Å².